The van der Waals surface area contributed by atoms with Gasteiger partial charge in [-0.3, -0.25) is 4.79 Å². The van der Waals surface area contributed by atoms with Crippen molar-refractivity contribution in [2.45, 2.75) is 20.3 Å². The predicted molar refractivity (Wildman–Crippen MR) is 71.0 cm³/mol. The summed E-state index contributed by atoms with van der Waals surface area (Å²) in [6.45, 7) is 7.25. The Morgan fingerprint density at radius 3 is 2.00 bits per heavy atom. The predicted octanol–water partition coefficient (Wildman–Crippen LogP) is 0.564. The normalized spacial score (nSPS) is 10.2. The van der Waals surface area contributed by atoms with E-state index in [1.807, 2.05) is 13.8 Å². The minimum absolute atomic E-state index is 0.0723. The van der Waals surface area contributed by atoms with Gasteiger partial charge >= 0.3 is 0 Å². The summed E-state index contributed by atoms with van der Waals surface area (Å²) in [7, 11) is 0. The molecule has 0 unspecified atom stereocenters. The maximum absolute atomic E-state index is 11.8. The zero-order valence-electron chi connectivity index (χ0n) is 10.6. The fraction of sp³-hybridized carbons (Fsp3) is 0.818. The van der Waals surface area contributed by atoms with Gasteiger partial charge in [-0.15, -0.1) is 0 Å². The van der Waals surface area contributed by atoms with Crippen molar-refractivity contribution < 1.29 is 14.3 Å². The number of ether oxygens (including phenoxy) is 2. The summed E-state index contributed by atoms with van der Waals surface area (Å²) in [5.41, 5.74) is 5.36. The SMILES string of the molecule is CCOCCN(CCOCC)C(=O)CC(N)=S. The summed E-state index contributed by atoms with van der Waals surface area (Å²) in [5, 5.41) is 0. The summed E-state index contributed by atoms with van der Waals surface area (Å²) < 4.78 is 10.5. The lowest BCUT2D eigenvalue weighted by molar-refractivity contribution is -0.131. The lowest BCUT2D eigenvalue weighted by Gasteiger charge is -2.22. The van der Waals surface area contributed by atoms with Gasteiger partial charge in [-0.1, -0.05) is 12.2 Å². The monoisotopic (exact) mass is 262 g/mol. The van der Waals surface area contributed by atoms with Crippen LogP contribution in [-0.2, 0) is 14.3 Å². The van der Waals surface area contributed by atoms with Gasteiger partial charge in [0.25, 0.3) is 0 Å². The van der Waals surface area contributed by atoms with E-state index in [0.29, 0.717) is 39.5 Å². The summed E-state index contributed by atoms with van der Waals surface area (Å²) in [4.78, 5) is 13.7. The Labute approximate surface area is 108 Å². The molecule has 0 rings (SSSR count). The first-order valence-corrected chi connectivity index (χ1v) is 6.24. The molecule has 0 bridgehead atoms. The Balaban J connectivity index is 4.07. The van der Waals surface area contributed by atoms with Crippen LogP contribution in [0.1, 0.15) is 20.3 Å². The third kappa shape index (κ3) is 9.02. The van der Waals surface area contributed by atoms with Crippen molar-refractivity contribution in [1.82, 2.24) is 4.90 Å². The van der Waals surface area contributed by atoms with Crippen LogP contribution in [0.5, 0.6) is 0 Å². The Morgan fingerprint density at radius 2 is 1.65 bits per heavy atom. The van der Waals surface area contributed by atoms with Gasteiger partial charge in [0, 0.05) is 26.3 Å². The van der Waals surface area contributed by atoms with E-state index in [4.69, 9.17) is 27.4 Å². The molecule has 0 spiro atoms. The summed E-state index contributed by atoms with van der Waals surface area (Å²) in [5.74, 6) is -0.0723. The van der Waals surface area contributed by atoms with Crippen LogP contribution >= 0.6 is 12.2 Å². The van der Waals surface area contributed by atoms with E-state index >= 15 is 0 Å². The first kappa shape index (κ1) is 16.3. The number of nitrogens with two attached hydrogens (primary N) is 1. The summed E-state index contributed by atoms with van der Waals surface area (Å²) in [6, 6.07) is 0. The zero-order valence-corrected chi connectivity index (χ0v) is 11.4. The van der Waals surface area contributed by atoms with Crippen LogP contribution in [-0.4, -0.2) is 55.3 Å². The first-order chi connectivity index (χ1) is 8.11. The minimum atomic E-state index is -0.0723. The third-order valence-corrected chi connectivity index (χ3v) is 2.24. The summed E-state index contributed by atoms with van der Waals surface area (Å²) in [6.07, 6.45) is 0.105. The van der Waals surface area contributed by atoms with Crippen LogP contribution in [0.2, 0.25) is 0 Å². The van der Waals surface area contributed by atoms with Crippen LogP contribution in [0.15, 0.2) is 0 Å². The van der Waals surface area contributed by atoms with E-state index in [0.717, 1.165) is 0 Å². The quantitative estimate of drug-likeness (QED) is 0.460. The molecule has 0 saturated heterocycles. The number of carbonyl (C=O) groups excluding carboxylic acids is 1. The Hall–Kier alpha value is -0.720. The van der Waals surface area contributed by atoms with E-state index in [9.17, 15) is 4.79 Å². The molecule has 0 aliphatic heterocycles. The van der Waals surface area contributed by atoms with E-state index in [1.165, 1.54) is 0 Å². The number of hydrogen-bond donors (Lipinski definition) is 1. The van der Waals surface area contributed by atoms with Gasteiger partial charge in [-0.25, -0.2) is 0 Å². The van der Waals surface area contributed by atoms with Crippen molar-refractivity contribution in [2.75, 3.05) is 39.5 Å². The van der Waals surface area contributed by atoms with Crippen molar-refractivity contribution in [2.24, 2.45) is 5.73 Å². The van der Waals surface area contributed by atoms with Crippen molar-refractivity contribution >= 4 is 23.1 Å². The second-order valence-corrected chi connectivity index (χ2v) is 3.94. The lowest BCUT2D eigenvalue weighted by atomic mass is 10.3. The number of nitrogens with zero attached hydrogens (tertiary/aromatic N) is 1. The number of carbonyl (C=O) groups is 1. The molecule has 2 N–H and O–H groups in total. The van der Waals surface area contributed by atoms with Crippen LogP contribution < -0.4 is 5.73 Å². The smallest absolute Gasteiger partial charge is 0.229 e. The van der Waals surface area contributed by atoms with E-state index in [-0.39, 0.29) is 17.3 Å². The fourth-order valence-corrected chi connectivity index (χ4v) is 1.38. The second-order valence-electron chi connectivity index (χ2n) is 3.42. The Bertz CT molecular complexity index is 227. The van der Waals surface area contributed by atoms with Crippen molar-refractivity contribution in [1.29, 1.82) is 0 Å². The van der Waals surface area contributed by atoms with Crippen molar-refractivity contribution in [3.8, 4) is 0 Å². The highest BCUT2D eigenvalue weighted by Crippen LogP contribution is 1.96. The third-order valence-electron chi connectivity index (χ3n) is 2.10. The molecule has 6 heteroatoms. The first-order valence-electron chi connectivity index (χ1n) is 5.83. The van der Waals surface area contributed by atoms with Crippen LogP contribution in [0.4, 0.5) is 0 Å². The van der Waals surface area contributed by atoms with E-state index in [2.05, 4.69) is 0 Å². The molecule has 0 atom stereocenters. The van der Waals surface area contributed by atoms with Crippen molar-refractivity contribution in [3.63, 3.8) is 0 Å². The van der Waals surface area contributed by atoms with E-state index in [1.54, 1.807) is 4.90 Å². The summed E-state index contributed by atoms with van der Waals surface area (Å²) >= 11 is 4.73. The van der Waals surface area contributed by atoms with Gasteiger partial charge in [0.15, 0.2) is 0 Å². The van der Waals surface area contributed by atoms with Gasteiger partial charge in [-0.2, -0.15) is 0 Å². The number of hydrogen-bond acceptors (Lipinski definition) is 4. The topological polar surface area (TPSA) is 64.8 Å². The maximum atomic E-state index is 11.8. The molecule has 0 aromatic rings. The lowest BCUT2D eigenvalue weighted by Crippen LogP contribution is -2.38. The standard InChI is InChI=1S/C11H22N2O3S/c1-3-15-7-5-13(6-8-16-4-2)11(14)9-10(12)17/h3-9H2,1-2H3,(H2,12,17). The highest BCUT2D eigenvalue weighted by Gasteiger charge is 2.13. The van der Waals surface area contributed by atoms with Gasteiger partial charge in [0.1, 0.15) is 0 Å². The molecular formula is C11H22N2O3S. The van der Waals surface area contributed by atoms with Gasteiger partial charge < -0.3 is 20.1 Å². The molecule has 0 aliphatic carbocycles. The van der Waals surface area contributed by atoms with Crippen LogP contribution in [0.25, 0.3) is 0 Å². The van der Waals surface area contributed by atoms with Gasteiger partial charge in [-0.05, 0) is 13.8 Å². The van der Waals surface area contributed by atoms with Crippen LogP contribution in [0, 0.1) is 0 Å². The molecular weight excluding hydrogens is 240 g/mol. The highest BCUT2D eigenvalue weighted by molar-refractivity contribution is 7.80. The zero-order chi connectivity index (χ0) is 13.1. The molecule has 0 aromatic carbocycles. The molecule has 0 saturated carbocycles. The molecule has 0 radical (unpaired) electrons. The number of thiocarbonyl (C=S) groups is 1. The average molecular weight is 262 g/mol. The van der Waals surface area contributed by atoms with Crippen LogP contribution in [0.3, 0.4) is 0 Å². The molecule has 5 nitrogen and oxygen atoms in total. The molecule has 0 aromatic heterocycles. The number of rotatable bonds is 10. The highest BCUT2D eigenvalue weighted by atomic mass is 32.1. The van der Waals surface area contributed by atoms with E-state index < -0.39 is 0 Å². The molecule has 0 heterocycles. The average Bonchev–Trinajstić information content (AvgIpc) is 2.26. The number of amides is 1. The van der Waals surface area contributed by atoms with Gasteiger partial charge in [0.05, 0.1) is 24.6 Å². The minimum Gasteiger partial charge on any atom is -0.393 e. The maximum Gasteiger partial charge on any atom is 0.229 e. The Kier molecular flexibility index (Phi) is 9.99. The Morgan fingerprint density at radius 1 is 1.18 bits per heavy atom. The molecule has 0 aliphatic rings. The molecule has 100 valence electrons. The van der Waals surface area contributed by atoms with Gasteiger partial charge in [0.2, 0.25) is 5.91 Å². The largest absolute Gasteiger partial charge is 0.393 e. The molecule has 17 heavy (non-hydrogen) atoms. The van der Waals surface area contributed by atoms with Crippen molar-refractivity contribution in [3.05, 3.63) is 0 Å². The molecule has 0 fully saturated rings. The molecule has 1 amide bonds. The fourth-order valence-electron chi connectivity index (χ4n) is 1.26. The second kappa shape index (κ2) is 10.4.